The fourth-order valence-corrected chi connectivity index (χ4v) is 5.98. The van der Waals surface area contributed by atoms with E-state index in [0.29, 0.717) is 42.0 Å². The molecule has 2 atom stereocenters. The van der Waals surface area contributed by atoms with Gasteiger partial charge in [0.15, 0.2) is 17.3 Å². The third kappa shape index (κ3) is 5.15. The molecule has 0 unspecified atom stereocenters. The number of esters is 1. The van der Waals surface area contributed by atoms with Crippen LogP contribution in [0.5, 0.6) is 11.5 Å². The first-order chi connectivity index (χ1) is 18.0. The molecule has 1 saturated carbocycles. The van der Waals surface area contributed by atoms with Crippen LogP contribution in [0.3, 0.4) is 0 Å². The molecular weight excluding hydrogens is 466 g/mol. The number of carbonyl (C=O) groups is 2. The van der Waals surface area contributed by atoms with E-state index in [0.717, 1.165) is 42.5 Å². The van der Waals surface area contributed by atoms with Gasteiger partial charge in [0.05, 0.1) is 12.2 Å². The van der Waals surface area contributed by atoms with Crippen LogP contribution in [0.4, 0.5) is 0 Å². The van der Waals surface area contributed by atoms with Crippen molar-refractivity contribution >= 4 is 11.8 Å². The van der Waals surface area contributed by atoms with Gasteiger partial charge in [0.2, 0.25) is 0 Å². The van der Waals surface area contributed by atoms with E-state index in [2.05, 4.69) is 17.4 Å². The highest BCUT2D eigenvalue weighted by Gasteiger charge is 2.42. The van der Waals surface area contributed by atoms with Crippen molar-refractivity contribution < 1.29 is 24.2 Å². The fraction of sp³-hybridized carbons (Fsp3) is 0.419. The van der Waals surface area contributed by atoms with Gasteiger partial charge in [-0.1, -0.05) is 42.8 Å². The van der Waals surface area contributed by atoms with Crippen LogP contribution in [0.2, 0.25) is 0 Å². The second-order valence-corrected chi connectivity index (χ2v) is 10.3. The van der Waals surface area contributed by atoms with Crippen LogP contribution in [0.1, 0.15) is 81.8 Å². The Labute approximate surface area is 218 Å². The highest BCUT2D eigenvalue weighted by molar-refractivity contribution is 6.04. The van der Waals surface area contributed by atoms with Crippen LogP contribution in [0.15, 0.2) is 71.1 Å². The van der Waals surface area contributed by atoms with E-state index in [1.165, 1.54) is 6.42 Å². The Bertz CT molecular complexity index is 1240. The molecule has 2 aliphatic carbocycles. The number of rotatable bonds is 6. The number of ketones is 1. The third-order valence-corrected chi connectivity index (χ3v) is 7.76. The highest BCUT2D eigenvalue weighted by atomic mass is 16.5. The minimum absolute atomic E-state index is 0.0223. The number of phenols is 1. The first kappa shape index (κ1) is 25.1. The Balaban J connectivity index is 1.56. The maximum Gasteiger partial charge on any atom is 0.337 e. The summed E-state index contributed by atoms with van der Waals surface area (Å²) in [6.45, 7) is 4.12. The molecule has 1 fully saturated rings. The first-order valence-corrected chi connectivity index (χ1v) is 13.4. The lowest BCUT2D eigenvalue weighted by molar-refractivity contribution is -0.146. The first-order valence-electron chi connectivity index (χ1n) is 13.4. The molecule has 0 bridgehead atoms. The molecule has 37 heavy (non-hydrogen) atoms. The Morgan fingerprint density at radius 3 is 2.51 bits per heavy atom. The molecule has 6 heteroatoms. The van der Waals surface area contributed by atoms with Crippen molar-refractivity contribution in [3.05, 3.63) is 82.2 Å². The largest absolute Gasteiger partial charge is 0.504 e. The van der Waals surface area contributed by atoms with E-state index < -0.39 is 5.92 Å². The van der Waals surface area contributed by atoms with E-state index in [4.69, 9.17) is 9.47 Å². The molecule has 1 heterocycles. The minimum atomic E-state index is -0.587. The van der Waals surface area contributed by atoms with E-state index in [-0.39, 0.29) is 29.5 Å². The van der Waals surface area contributed by atoms with Crippen LogP contribution in [-0.4, -0.2) is 29.6 Å². The van der Waals surface area contributed by atoms with Gasteiger partial charge in [0.25, 0.3) is 0 Å². The molecule has 5 rings (SSSR count). The van der Waals surface area contributed by atoms with Crippen LogP contribution in [0, 0.1) is 0 Å². The normalized spacial score (nSPS) is 22.4. The second kappa shape index (κ2) is 10.8. The lowest BCUT2D eigenvalue weighted by Gasteiger charge is -2.37. The van der Waals surface area contributed by atoms with Crippen molar-refractivity contribution in [1.82, 2.24) is 5.32 Å². The molecule has 3 aliphatic rings. The zero-order valence-corrected chi connectivity index (χ0v) is 21.6. The Hall–Kier alpha value is -3.54. The average molecular weight is 502 g/mol. The van der Waals surface area contributed by atoms with E-state index in [1.807, 2.05) is 32.0 Å². The summed E-state index contributed by atoms with van der Waals surface area (Å²) >= 11 is 0. The van der Waals surface area contributed by atoms with Crippen LogP contribution in [0.25, 0.3) is 0 Å². The van der Waals surface area contributed by atoms with Gasteiger partial charge in [0, 0.05) is 29.3 Å². The van der Waals surface area contributed by atoms with Gasteiger partial charge in [-0.05, 0) is 75.1 Å². The molecule has 194 valence electrons. The maximum atomic E-state index is 13.8. The van der Waals surface area contributed by atoms with E-state index in [9.17, 15) is 14.7 Å². The molecular formula is C31H35NO5. The number of Topliss-reactive ketones (excluding diaryl/α,β-unsaturated/α-hetero) is 1. The number of ether oxygens (including phenoxy) is 2. The van der Waals surface area contributed by atoms with Crippen molar-refractivity contribution in [1.29, 1.82) is 0 Å². The number of dihydropyridines is 1. The predicted octanol–water partition coefficient (Wildman–Crippen LogP) is 6.03. The average Bonchev–Trinajstić information content (AvgIpc) is 2.90. The molecule has 0 aromatic heterocycles. The SMILES string of the molecule is CCOc1cc([C@@H]2C(C(=O)OC3CCCCC3)=C(C)NC3=C2C(=O)C[C@H](c2ccccc2)C3)ccc1O. The van der Waals surface area contributed by atoms with E-state index >= 15 is 0 Å². The van der Waals surface area contributed by atoms with Gasteiger partial charge in [0.1, 0.15) is 6.10 Å². The minimum Gasteiger partial charge on any atom is -0.504 e. The van der Waals surface area contributed by atoms with Crippen molar-refractivity contribution in [2.24, 2.45) is 0 Å². The predicted molar refractivity (Wildman–Crippen MR) is 141 cm³/mol. The summed E-state index contributed by atoms with van der Waals surface area (Å²) in [6.07, 6.45) is 5.98. The summed E-state index contributed by atoms with van der Waals surface area (Å²) in [5.41, 5.74) is 4.50. The van der Waals surface area contributed by atoms with Crippen molar-refractivity contribution in [2.75, 3.05) is 6.61 Å². The summed E-state index contributed by atoms with van der Waals surface area (Å²) in [5, 5.41) is 13.8. The third-order valence-electron chi connectivity index (χ3n) is 7.76. The molecule has 0 radical (unpaired) electrons. The number of carbonyl (C=O) groups excluding carboxylic acids is 2. The summed E-state index contributed by atoms with van der Waals surface area (Å²) in [7, 11) is 0. The van der Waals surface area contributed by atoms with Gasteiger partial charge in [-0.25, -0.2) is 4.79 Å². The molecule has 2 aromatic carbocycles. The van der Waals surface area contributed by atoms with Crippen LogP contribution >= 0.6 is 0 Å². The van der Waals surface area contributed by atoms with E-state index in [1.54, 1.807) is 18.2 Å². The van der Waals surface area contributed by atoms with Gasteiger partial charge >= 0.3 is 5.97 Å². The Morgan fingerprint density at radius 1 is 1.03 bits per heavy atom. The van der Waals surface area contributed by atoms with Crippen molar-refractivity contribution in [3.63, 3.8) is 0 Å². The van der Waals surface area contributed by atoms with Gasteiger partial charge < -0.3 is 19.9 Å². The van der Waals surface area contributed by atoms with Gasteiger partial charge in [-0.15, -0.1) is 0 Å². The van der Waals surface area contributed by atoms with Gasteiger partial charge in [-0.2, -0.15) is 0 Å². The molecule has 0 amide bonds. The summed E-state index contributed by atoms with van der Waals surface area (Å²) < 4.78 is 11.7. The quantitative estimate of drug-likeness (QED) is 0.470. The fourth-order valence-electron chi connectivity index (χ4n) is 5.98. The molecule has 2 aromatic rings. The Kier molecular flexibility index (Phi) is 7.36. The summed E-state index contributed by atoms with van der Waals surface area (Å²) in [6, 6.07) is 15.2. The summed E-state index contributed by atoms with van der Waals surface area (Å²) in [4.78, 5) is 27.5. The molecule has 2 N–H and O–H groups in total. The number of aromatic hydroxyl groups is 1. The monoisotopic (exact) mass is 501 g/mol. The van der Waals surface area contributed by atoms with Crippen molar-refractivity contribution in [3.8, 4) is 11.5 Å². The molecule has 1 aliphatic heterocycles. The zero-order chi connectivity index (χ0) is 25.9. The van der Waals surface area contributed by atoms with Crippen molar-refractivity contribution in [2.45, 2.75) is 76.7 Å². The second-order valence-electron chi connectivity index (χ2n) is 10.3. The maximum absolute atomic E-state index is 13.8. The topological polar surface area (TPSA) is 84.9 Å². The number of hydrogen-bond acceptors (Lipinski definition) is 6. The lowest BCUT2D eigenvalue weighted by atomic mass is 9.71. The number of nitrogens with one attached hydrogen (secondary N) is 1. The number of benzene rings is 2. The number of phenolic OH excluding ortho intramolecular Hbond substituents is 1. The highest BCUT2D eigenvalue weighted by Crippen LogP contribution is 2.47. The standard InChI is InChI=1S/C31H35NO5/c1-3-36-27-18-21(14-15-25(27)33)29-28(31(35)37-23-12-8-5-9-13-23)19(2)32-24-16-22(17-26(34)30(24)29)20-10-6-4-7-11-20/h4,6-7,10-11,14-15,18,22-23,29,32-33H,3,5,8-9,12-13,16-17H2,1-2H3/t22-,29-/m1/s1. The zero-order valence-electron chi connectivity index (χ0n) is 21.6. The summed E-state index contributed by atoms with van der Waals surface area (Å²) in [5.74, 6) is -0.505. The molecule has 0 spiro atoms. The lowest BCUT2D eigenvalue weighted by Crippen LogP contribution is -2.37. The molecule has 6 nitrogen and oxygen atoms in total. The number of allylic oxidation sites excluding steroid dienone is 3. The molecule has 0 saturated heterocycles. The van der Waals surface area contributed by atoms with Crippen LogP contribution in [-0.2, 0) is 14.3 Å². The van der Waals surface area contributed by atoms with Gasteiger partial charge in [-0.3, -0.25) is 4.79 Å². The Morgan fingerprint density at radius 2 is 1.78 bits per heavy atom. The number of hydrogen-bond donors (Lipinski definition) is 2. The van der Waals surface area contributed by atoms with Crippen LogP contribution < -0.4 is 10.1 Å². The smallest absolute Gasteiger partial charge is 0.337 e.